The summed E-state index contributed by atoms with van der Waals surface area (Å²) in [5.41, 5.74) is 1.23. The van der Waals surface area contributed by atoms with E-state index in [1.165, 1.54) is 0 Å². The SMILES string of the molecule is Cc1cc(NC(=O)N2Cc3ccccc3OC(C)(C)C2)on1. The van der Waals surface area contributed by atoms with E-state index in [4.69, 9.17) is 9.26 Å². The van der Waals surface area contributed by atoms with Gasteiger partial charge in [-0.3, -0.25) is 5.32 Å². The Morgan fingerprint density at radius 2 is 2.14 bits per heavy atom. The number of carbonyl (C=O) groups excluding carboxylic acids is 1. The Morgan fingerprint density at radius 3 is 2.86 bits per heavy atom. The number of aromatic nitrogens is 1. The standard InChI is InChI=1S/C16H19N3O3/c1-11-8-14(22-18-11)17-15(20)19-9-12-6-4-5-7-13(12)21-16(2,3)10-19/h4-8H,9-10H2,1-3H3,(H,17,20). The number of nitrogens with one attached hydrogen (secondary N) is 1. The minimum atomic E-state index is -0.471. The molecular formula is C16H19N3O3. The number of urea groups is 1. The van der Waals surface area contributed by atoms with Gasteiger partial charge in [0.1, 0.15) is 11.4 Å². The lowest BCUT2D eigenvalue weighted by Gasteiger charge is -2.29. The number of anilines is 1. The molecule has 0 atom stereocenters. The summed E-state index contributed by atoms with van der Waals surface area (Å²) in [5.74, 6) is 1.16. The summed E-state index contributed by atoms with van der Waals surface area (Å²) in [4.78, 5) is 14.2. The molecule has 0 bridgehead atoms. The molecule has 1 aromatic heterocycles. The van der Waals surface area contributed by atoms with Gasteiger partial charge >= 0.3 is 6.03 Å². The van der Waals surface area contributed by atoms with E-state index in [1.54, 1.807) is 17.9 Å². The van der Waals surface area contributed by atoms with Crippen molar-refractivity contribution in [1.82, 2.24) is 10.1 Å². The van der Waals surface area contributed by atoms with Crippen LogP contribution in [-0.2, 0) is 6.54 Å². The van der Waals surface area contributed by atoms with E-state index < -0.39 is 5.60 Å². The van der Waals surface area contributed by atoms with Gasteiger partial charge in [-0.15, -0.1) is 0 Å². The highest BCUT2D eigenvalue weighted by atomic mass is 16.5. The van der Waals surface area contributed by atoms with Crippen LogP contribution in [-0.4, -0.2) is 28.2 Å². The lowest BCUT2D eigenvalue weighted by atomic mass is 10.1. The van der Waals surface area contributed by atoms with Crippen LogP contribution in [0.5, 0.6) is 5.75 Å². The molecule has 0 fully saturated rings. The first-order valence-corrected chi connectivity index (χ1v) is 7.19. The number of hydrogen-bond acceptors (Lipinski definition) is 4. The molecule has 6 heteroatoms. The number of hydrogen-bond donors (Lipinski definition) is 1. The minimum absolute atomic E-state index is 0.232. The summed E-state index contributed by atoms with van der Waals surface area (Å²) in [7, 11) is 0. The second-order valence-corrected chi connectivity index (χ2v) is 6.09. The molecule has 1 aliphatic rings. The van der Waals surface area contributed by atoms with E-state index in [-0.39, 0.29) is 6.03 Å². The second-order valence-electron chi connectivity index (χ2n) is 6.09. The van der Waals surface area contributed by atoms with E-state index in [2.05, 4.69) is 10.5 Å². The molecule has 0 saturated carbocycles. The molecule has 1 aromatic carbocycles. The maximum atomic E-state index is 12.5. The Hall–Kier alpha value is -2.50. The van der Waals surface area contributed by atoms with Gasteiger partial charge in [0.05, 0.1) is 18.8 Å². The molecule has 0 saturated heterocycles. The highest BCUT2D eigenvalue weighted by Crippen LogP contribution is 2.29. The third kappa shape index (κ3) is 3.05. The normalized spacial score (nSPS) is 16.4. The molecule has 6 nitrogen and oxygen atoms in total. The largest absolute Gasteiger partial charge is 0.486 e. The minimum Gasteiger partial charge on any atom is -0.486 e. The predicted octanol–water partition coefficient (Wildman–Crippen LogP) is 3.19. The van der Waals surface area contributed by atoms with E-state index in [0.717, 1.165) is 17.0 Å². The van der Waals surface area contributed by atoms with Gasteiger partial charge in [-0.05, 0) is 26.8 Å². The number of carbonyl (C=O) groups is 1. The Kier molecular flexibility index (Phi) is 3.52. The molecule has 116 valence electrons. The van der Waals surface area contributed by atoms with E-state index in [9.17, 15) is 4.79 Å². The smallest absolute Gasteiger partial charge is 0.324 e. The molecule has 3 rings (SSSR count). The maximum Gasteiger partial charge on any atom is 0.324 e. The van der Waals surface area contributed by atoms with Crippen LogP contribution in [0.3, 0.4) is 0 Å². The van der Waals surface area contributed by atoms with Crippen molar-refractivity contribution in [2.75, 3.05) is 11.9 Å². The van der Waals surface area contributed by atoms with Crippen LogP contribution in [0.4, 0.5) is 10.7 Å². The van der Waals surface area contributed by atoms with Crippen molar-refractivity contribution in [3.05, 3.63) is 41.6 Å². The zero-order valence-corrected chi connectivity index (χ0v) is 12.9. The first-order chi connectivity index (χ1) is 10.4. The van der Waals surface area contributed by atoms with Gasteiger partial charge < -0.3 is 14.2 Å². The number of aryl methyl sites for hydroxylation is 1. The number of ether oxygens (including phenoxy) is 1. The summed E-state index contributed by atoms with van der Waals surface area (Å²) in [6.45, 7) is 6.69. The fourth-order valence-corrected chi connectivity index (χ4v) is 2.54. The molecule has 2 aromatic rings. The Balaban J connectivity index is 1.82. The molecular weight excluding hydrogens is 282 g/mol. The summed E-state index contributed by atoms with van der Waals surface area (Å²) >= 11 is 0. The summed E-state index contributed by atoms with van der Waals surface area (Å²) in [6.07, 6.45) is 0. The van der Waals surface area contributed by atoms with Crippen LogP contribution < -0.4 is 10.1 Å². The van der Waals surface area contributed by atoms with Crippen molar-refractivity contribution >= 4 is 11.9 Å². The number of rotatable bonds is 1. The molecule has 0 spiro atoms. The van der Waals surface area contributed by atoms with Gasteiger partial charge in [-0.1, -0.05) is 23.4 Å². The Morgan fingerprint density at radius 1 is 1.36 bits per heavy atom. The Bertz CT molecular complexity index is 693. The van der Waals surface area contributed by atoms with Crippen molar-refractivity contribution in [2.24, 2.45) is 0 Å². The molecule has 0 aliphatic carbocycles. The highest BCUT2D eigenvalue weighted by molar-refractivity contribution is 5.88. The van der Waals surface area contributed by atoms with Crippen LogP contribution in [0.25, 0.3) is 0 Å². The van der Waals surface area contributed by atoms with E-state index >= 15 is 0 Å². The second kappa shape index (κ2) is 5.36. The van der Waals surface area contributed by atoms with E-state index in [0.29, 0.717) is 19.0 Å². The van der Waals surface area contributed by atoms with E-state index in [1.807, 2.05) is 38.1 Å². The highest BCUT2D eigenvalue weighted by Gasteiger charge is 2.31. The zero-order chi connectivity index (χ0) is 15.7. The molecule has 2 amide bonds. The van der Waals surface area contributed by atoms with Crippen molar-refractivity contribution in [1.29, 1.82) is 0 Å². The number of benzene rings is 1. The summed E-state index contributed by atoms with van der Waals surface area (Å²) < 4.78 is 11.1. The molecule has 1 N–H and O–H groups in total. The Labute approximate surface area is 129 Å². The average Bonchev–Trinajstić information content (AvgIpc) is 2.78. The topological polar surface area (TPSA) is 67.6 Å². The lowest BCUT2D eigenvalue weighted by molar-refractivity contribution is 0.0833. The first-order valence-electron chi connectivity index (χ1n) is 7.19. The number of nitrogens with zero attached hydrogens (tertiary/aromatic N) is 2. The lowest BCUT2D eigenvalue weighted by Crippen LogP contribution is -2.44. The quantitative estimate of drug-likeness (QED) is 0.878. The third-order valence-corrected chi connectivity index (χ3v) is 3.44. The number of para-hydroxylation sites is 1. The fraction of sp³-hybridized carbons (Fsp3) is 0.375. The van der Waals surface area contributed by atoms with Crippen molar-refractivity contribution in [3.63, 3.8) is 0 Å². The van der Waals surface area contributed by atoms with Crippen LogP contribution in [0.15, 0.2) is 34.9 Å². The molecule has 2 heterocycles. The summed E-state index contributed by atoms with van der Waals surface area (Å²) in [6, 6.07) is 9.22. The molecule has 1 aliphatic heterocycles. The van der Waals surface area contributed by atoms with Crippen LogP contribution in [0.2, 0.25) is 0 Å². The van der Waals surface area contributed by atoms with Crippen LogP contribution >= 0.6 is 0 Å². The fourth-order valence-electron chi connectivity index (χ4n) is 2.54. The number of fused-ring (bicyclic) bond motifs is 1. The van der Waals surface area contributed by atoms with Crippen LogP contribution in [0.1, 0.15) is 25.1 Å². The van der Waals surface area contributed by atoms with Crippen molar-refractivity contribution in [3.8, 4) is 5.75 Å². The van der Waals surface area contributed by atoms with Gasteiger partial charge in [0.25, 0.3) is 0 Å². The summed E-state index contributed by atoms with van der Waals surface area (Å²) in [5, 5.41) is 6.50. The first kappa shape index (κ1) is 14.4. The van der Waals surface area contributed by atoms with Gasteiger partial charge in [0.15, 0.2) is 0 Å². The van der Waals surface area contributed by atoms with Gasteiger partial charge in [0.2, 0.25) is 5.88 Å². The van der Waals surface area contributed by atoms with Gasteiger partial charge in [0, 0.05) is 11.6 Å². The molecule has 0 unspecified atom stereocenters. The van der Waals surface area contributed by atoms with Gasteiger partial charge in [-0.25, -0.2) is 4.79 Å². The number of amides is 2. The van der Waals surface area contributed by atoms with Crippen molar-refractivity contribution < 1.29 is 14.1 Å². The predicted molar refractivity (Wildman–Crippen MR) is 81.8 cm³/mol. The van der Waals surface area contributed by atoms with Crippen molar-refractivity contribution in [2.45, 2.75) is 32.9 Å². The average molecular weight is 301 g/mol. The maximum absolute atomic E-state index is 12.5. The zero-order valence-electron chi connectivity index (χ0n) is 12.9. The molecule has 0 radical (unpaired) electrons. The molecule has 22 heavy (non-hydrogen) atoms. The van der Waals surface area contributed by atoms with Gasteiger partial charge in [-0.2, -0.15) is 0 Å². The third-order valence-electron chi connectivity index (χ3n) is 3.44. The van der Waals surface area contributed by atoms with Crippen LogP contribution in [0, 0.1) is 6.92 Å². The monoisotopic (exact) mass is 301 g/mol.